The van der Waals surface area contributed by atoms with E-state index in [1.54, 1.807) is 17.1 Å². The van der Waals surface area contributed by atoms with Crippen LogP contribution in [0.15, 0.2) is 67.3 Å². The van der Waals surface area contributed by atoms with E-state index in [-0.39, 0.29) is 18.1 Å². The lowest BCUT2D eigenvalue weighted by Crippen LogP contribution is -2.51. The van der Waals surface area contributed by atoms with Gasteiger partial charge in [-0.15, -0.1) is 0 Å². The molecule has 2 aliphatic heterocycles. The number of rotatable bonds is 8. The summed E-state index contributed by atoms with van der Waals surface area (Å²) >= 11 is 0. The SMILES string of the molecule is Cn1cc(-c2ccc(N(C(=O)NCc3ccccc3)[C@H]3CC[C@H](Nc4ncc(C#N)c(N5CCC6(CC5)COC6)n4)CC3)nc2)cn1. The molecule has 1 aliphatic carbocycles. The van der Waals surface area contributed by atoms with Gasteiger partial charge in [-0.2, -0.15) is 15.3 Å². The van der Waals surface area contributed by atoms with E-state index in [1.165, 1.54) is 0 Å². The Morgan fingerprint density at radius 2 is 1.81 bits per heavy atom. The predicted molar refractivity (Wildman–Crippen MR) is 179 cm³/mol. The molecule has 1 saturated carbocycles. The Hall–Kier alpha value is -5.02. The van der Waals surface area contributed by atoms with Crippen LogP contribution >= 0.6 is 0 Å². The van der Waals surface area contributed by atoms with Crippen LogP contribution in [0.25, 0.3) is 11.1 Å². The zero-order chi connectivity index (χ0) is 32.2. The number of ether oxygens (including phenoxy) is 1. The molecule has 1 spiro atoms. The zero-order valence-corrected chi connectivity index (χ0v) is 26.7. The van der Waals surface area contributed by atoms with Gasteiger partial charge in [0.25, 0.3) is 0 Å². The highest BCUT2D eigenvalue weighted by Crippen LogP contribution is 2.40. The standard InChI is InChI=1S/C35H40N10O2/c1-43-22-28(21-40-43)26-7-12-31(37-19-26)45(34(46)39-18-25-5-3-2-4-6-25)30-10-8-29(9-11-30)41-33-38-20-27(17-36)32(42-33)44-15-13-35(14-16-44)23-47-24-35/h2-7,12,19-22,29-30H,8-11,13-16,18,23-24H2,1H3,(H,39,46)(H,38,41,42)/t29-,30-. The first-order chi connectivity index (χ1) is 23.0. The van der Waals surface area contributed by atoms with E-state index in [1.807, 2.05) is 66.8 Å². The smallest absolute Gasteiger partial charge is 0.323 e. The Kier molecular flexibility index (Phi) is 8.72. The summed E-state index contributed by atoms with van der Waals surface area (Å²) in [7, 11) is 1.89. The van der Waals surface area contributed by atoms with Gasteiger partial charge in [0.2, 0.25) is 5.95 Å². The van der Waals surface area contributed by atoms with Gasteiger partial charge in [-0.25, -0.2) is 14.8 Å². The number of carbonyl (C=O) groups is 1. The van der Waals surface area contributed by atoms with Gasteiger partial charge in [-0.1, -0.05) is 30.3 Å². The third-order valence-electron chi connectivity index (χ3n) is 9.76. The molecule has 3 aliphatic rings. The average Bonchev–Trinajstić information content (AvgIpc) is 3.54. The lowest BCUT2D eigenvalue weighted by Gasteiger charge is -2.47. The van der Waals surface area contributed by atoms with Crippen LogP contribution in [0.1, 0.15) is 49.7 Å². The van der Waals surface area contributed by atoms with E-state index in [9.17, 15) is 10.1 Å². The molecule has 0 radical (unpaired) electrons. The molecule has 4 aromatic rings. The van der Waals surface area contributed by atoms with Crippen molar-refractivity contribution in [3.8, 4) is 17.2 Å². The van der Waals surface area contributed by atoms with Gasteiger partial charge in [0.15, 0.2) is 5.82 Å². The van der Waals surface area contributed by atoms with E-state index in [0.29, 0.717) is 35.1 Å². The number of hydrogen-bond donors (Lipinski definition) is 2. The van der Waals surface area contributed by atoms with Gasteiger partial charge >= 0.3 is 6.03 Å². The molecule has 7 rings (SSSR count). The fraction of sp³-hybridized carbons (Fsp3) is 0.429. The second-order valence-electron chi connectivity index (χ2n) is 13.0. The van der Waals surface area contributed by atoms with Crippen LogP contribution in [0.4, 0.5) is 22.4 Å². The van der Waals surface area contributed by atoms with E-state index < -0.39 is 0 Å². The molecular formula is C35H40N10O2. The van der Waals surface area contributed by atoms with Gasteiger partial charge in [0, 0.05) is 67.7 Å². The number of amides is 2. The molecule has 242 valence electrons. The van der Waals surface area contributed by atoms with Gasteiger partial charge in [0.1, 0.15) is 17.5 Å². The number of piperidine rings is 1. The summed E-state index contributed by atoms with van der Waals surface area (Å²) in [6.45, 7) is 3.83. The monoisotopic (exact) mass is 632 g/mol. The van der Waals surface area contributed by atoms with Crippen molar-refractivity contribution in [1.82, 2.24) is 30.0 Å². The summed E-state index contributed by atoms with van der Waals surface area (Å²) in [6, 6.07) is 16.1. The number of nitrogens with zero attached hydrogens (tertiary/aromatic N) is 8. The van der Waals surface area contributed by atoms with E-state index >= 15 is 0 Å². The summed E-state index contributed by atoms with van der Waals surface area (Å²) in [5.41, 5.74) is 3.76. The third-order valence-corrected chi connectivity index (χ3v) is 9.76. The van der Waals surface area contributed by atoms with Crippen LogP contribution in [0.2, 0.25) is 0 Å². The molecule has 0 atom stereocenters. The van der Waals surface area contributed by atoms with Crippen molar-refractivity contribution in [2.75, 3.05) is 41.4 Å². The van der Waals surface area contributed by atoms with Crippen LogP contribution in [-0.2, 0) is 18.3 Å². The Morgan fingerprint density at radius 3 is 2.45 bits per heavy atom. The molecule has 0 unspecified atom stereocenters. The number of aryl methyl sites for hydroxylation is 1. The molecule has 2 amide bonds. The Labute approximate surface area is 274 Å². The lowest BCUT2D eigenvalue weighted by molar-refractivity contribution is -0.124. The topological polar surface area (TPSA) is 137 Å². The highest BCUT2D eigenvalue weighted by atomic mass is 16.5. The summed E-state index contributed by atoms with van der Waals surface area (Å²) in [6.07, 6.45) is 12.5. The molecule has 12 nitrogen and oxygen atoms in total. The summed E-state index contributed by atoms with van der Waals surface area (Å²) < 4.78 is 7.24. The molecule has 2 N–H and O–H groups in total. The minimum absolute atomic E-state index is 0.0193. The molecule has 2 saturated heterocycles. The fourth-order valence-corrected chi connectivity index (χ4v) is 6.88. The van der Waals surface area contributed by atoms with Crippen LogP contribution in [0, 0.1) is 16.7 Å². The zero-order valence-electron chi connectivity index (χ0n) is 26.7. The molecule has 0 bridgehead atoms. The maximum atomic E-state index is 13.7. The largest absolute Gasteiger partial charge is 0.380 e. The maximum Gasteiger partial charge on any atom is 0.323 e. The number of nitrogens with one attached hydrogen (secondary N) is 2. The van der Waals surface area contributed by atoms with Crippen molar-refractivity contribution in [2.45, 2.75) is 57.2 Å². The van der Waals surface area contributed by atoms with Crippen molar-refractivity contribution in [2.24, 2.45) is 12.5 Å². The minimum atomic E-state index is -0.163. The van der Waals surface area contributed by atoms with Crippen LogP contribution < -0.4 is 20.4 Å². The van der Waals surface area contributed by atoms with Crippen LogP contribution in [0.5, 0.6) is 0 Å². The van der Waals surface area contributed by atoms with Crippen molar-refractivity contribution >= 4 is 23.6 Å². The predicted octanol–water partition coefficient (Wildman–Crippen LogP) is 4.90. The fourth-order valence-electron chi connectivity index (χ4n) is 6.88. The second kappa shape index (κ2) is 13.4. The van der Waals surface area contributed by atoms with E-state index in [2.05, 4.69) is 31.7 Å². The van der Waals surface area contributed by atoms with E-state index in [0.717, 1.165) is 81.5 Å². The van der Waals surface area contributed by atoms with Gasteiger partial charge in [-0.3, -0.25) is 9.58 Å². The molecule has 1 aromatic carbocycles. The van der Waals surface area contributed by atoms with Gasteiger partial charge in [-0.05, 0) is 56.2 Å². The quantitative estimate of drug-likeness (QED) is 0.278. The number of aromatic nitrogens is 5. The molecule has 5 heterocycles. The molecule has 12 heteroatoms. The Balaban J connectivity index is 1.03. The molecule has 3 aromatic heterocycles. The van der Waals surface area contributed by atoms with Gasteiger partial charge < -0.3 is 20.3 Å². The number of benzene rings is 1. The first-order valence-corrected chi connectivity index (χ1v) is 16.4. The number of nitriles is 1. The van der Waals surface area contributed by atoms with Gasteiger partial charge in [0.05, 0.1) is 25.6 Å². The van der Waals surface area contributed by atoms with Crippen molar-refractivity contribution in [3.05, 3.63) is 78.4 Å². The van der Waals surface area contributed by atoms with Crippen molar-refractivity contribution < 1.29 is 9.53 Å². The first kappa shape index (κ1) is 30.6. The normalized spacial score (nSPS) is 20.2. The van der Waals surface area contributed by atoms with Crippen LogP contribution in [-0.4, -0.2) is 69.2 Å². The first-order valence-electron chi connectivity index (χ1n) is 16.4. The van der Waals surface area contributed by atoms with Crippen LogP contribution in [0.3, 0.4) is 0 Å². The van der Waals surface area contributed by atoms with E-state index in [4.69, 9.17) is 14.7 Å². The summed E-state index contributed by atoms with van der Waals surface area (Å²) in [5, 5.41) is 20.7. The third kappa shape index (κ3) is 6.76. The Bertz CT molecular complexity index is 1710. The van der Waals surface area contributed by atoms with Crippen molar-refractivity contribution in [1.29, 1.82) is 5.26 Å². The van der Waals surface area contributed by atoms with Crippen molar-refractivity contribution in [3.63, 3.8) is 0 Å². The number of hydrogen-bond acceptors (Lipinski definition) is 9. The number of anilines is 3. The Morgan fingerprint density at radius 1 is 1.02 bits per heavy atom. The number of carbonyl (C=O) groups excluding carboxylic acids is 1. The number of urea groups is 1. The average molecular weight is 633 g/mol. The molecular weight excluding hydrogens is 592 g/mol. The maximum absolute atomic E-state index is 13.7. The molecule has 3 fully saturated rings. The highest BCUT2D eigenvalue weighted by molar-refractivity contribution is 5.91. The lowest BCUT2D eigenvalue weighted by atomic mass is 9.77. The molecule has 47 heavy (non-hydrogen) atoms. The second-order valence-corrected chi connectivity index (χ2v) is 13.0. The minimum Gasteiger partial charge on any atom is -0.380 e. The highest BCUT2D eigenvalue weighted by Gasteiger charge is 2.41. The summed E-state index contributed by atoms with van der Waals surface area (Å²) in [5.74, 6) is 1.87. The number of pyridine rings is 1. The summed E-state index contributed by atoms with van der Waals surface area (Å²) in [4.78, 5) is 31.8.